The summed E-state index contributed by atoms with van der Waals surface area (Å²) < 4.78 is 0. The minimum atomic E-state index is -0.154. The lowest BCUT2D eigenvalue weighted by molar-refractivity contribution is -0.115. The van der Waals surface area contributed by atoms with E-state index in [4.69, 9.17) is 0 Å². The first kappa shape index (κ1) is 13.3. The summed E-state index contributed by atoms with van der Waals surface area (Å²) in [6.45, 7) is 6.62. The van der Waals surface area contributed by atoms with Gasteiger partial charge in [0.25, 0.3) is 0 Å². The number of aldehydes is 1. The number of carbonyl (C=O) groups excluding carboxylic acids is 1. The van der Waals surface area contributed by atoms with E-state index < -0.39 is 0 Å². The Bertz CT molecular complexity index is 433. The van der Waals surface area contributed by atoms with Crippen LogP contribution in [0.1, 0.15) is 50.3 Å². The third-order valence-electron chi connectivity index (χ3n) is 3.99. The van der Waals surface area contributed by atoms with Crippen molar-refractivity contribution in [3.63, 3.8) is 0 Å². The van der Waals surface area contributed by atoms with Crippen LogP contribution in [0.4, 0.5) is 0 Å². The molecule has 0 amide bonds. The number of rotatable bonds is 5. The quantitative estimate of drug-likeness (QED) is 0.716. The molecule has 1 heteroatoms. The Morgan fingerprint density at radius 1 is 1.28 bits per heavy atom. The van der Waals surface area contributed by atoms with Crippen LogP contribution >= 0.6 is 0 Å². The van der Waals surface area contributed by atoms with Crippen molar-refractivity contribution >= 4 is 6.29 Å². The molecule has 1 atom stereocenters. The van der Waals surface area contributed by atoms with E-state index in [1.54, 1.807) is 0 Å². The predicted octanol–water partition coefficient (Wildman–Crippen LogP) is 3.97. The highest BCUT2D eigenvalue weighted by molar-refractivity contribution is 5.63. The molecular weight excluding hydrogens is 220 g/mol. The molecule has 0 radical (unpaired) electrons. The second-order valence-electron chi connectivity index (χ2n) is 6.51. The SMILES string of the molecule is CC(C)CCCc1ccc2c(c1)CC(C)(C=O)C2. The molecule has 0 fully saturated rings. The lowest BCUT2D eigenvalue weighted by Crippen LogP contribution is -2.17. The minimum Gasteiger partial charge on any atom is -0.303 e. The zero-order valence-electron chi connectivity index (χ0n) is 11.8. The van der Waals surface area contributed by atoms with Gasteiger partial charge in [-0.2, -0.15) is 0 Å². The fourth-order valence-electron chi connectivity index (χ4n) is 2.90. The number of carbonyl (C=O) groups is 1. The van der Waals surface area contributed by atoms with Gasteiger partial charge in [0.1, 0.15) is 6.29 Å². The number of aryl methyl sites for hydroxylation is 1. The molecule has 0 heterocycles. The van der Waals surface area contributed by atoms with Gasteiger partial charge in [-0.25, -0.2) is 0 Å². The van der Waals surface area contributed by atoms with Crippen molar-refractivity contribution in [2.45, 2.75) is 52.9 Å². The van der Waals surface area contributed by atoms with Crippen LogP contribution in [0.15, 0.2) is 18.2 Å². The van der Waals surface area contributed by atoms with E-state index in [2.05, 4.69) is 39.0 Å². The molecule has 1 nitrogen and oxygen atoms in total. The summed E-state index contributed by atoms with van der Waals surface area (Å²) in [4.78, 5) is 11.1. The molecule has 1 unspecified atom stereocenters. The number of hydrogen-bond donors (Lipinski definition) is 0. The normalized spacial score (nSPS) is 22.2. The zero-order chi connectivity index (χ0) is 13.2. The number of hydrogen-bond acceptors (Lipinski definition) is 1. The zero-order valence-corrected chi connectivity index (χ0v) is 11.8. The van der Waals surface area contributed by atoms with Crippen LogP contribution in [0.5, 0.6) is 0 Å². The van der Waals surface area contributed by atoms with Crippen LogP contribution < -0.4 is 0 Å². The van der Waals surface area contributed by atoms with E-state index in [9.17, 15) is 4.79 Å². The molecule has 1 aromatic rings. The van der Waals surface area contributed by atoms with Crippen LogP contribution in [0.3, 0.4) is 0 Å². The van der Waals surface area contributed by atoms with Gasteiger partial charge in [-0.1, -0.05) is 45.4 Å². The fraction of sp³-hybridized carbons (Fsp3) is 0.588. The topological polar surface area (TPSA) is 17.1 Å². The van der Waals surface area contributed by atoms with Gasteiger partial charge in [0.05, 0.1) is 0 Å². The lowest BCUT2D eigenvalue weighted by atomic mass is 9.89. The number of benzene rings is 1. The predicted molar refractivity (Wildman–Crippen MR) is 75.8 cm³/mol. The van der Waals surface area contributed by atoms with Crippen molar-refractivity contribution in [3.05, 3.63) is 34.9 Å². The molecule has 98 valence electrons. The smallest absolute Gasteiger partial charge is 0.126 e. The Kier molecular flexibility index (Phi) is 3.89. The van der Waals surface area contributed by atoms with E-state index in [1.807, 2.05) is 0 Å². The molecule has 0 bridgehead atoms. The maximum absolute atomic E-state index is 11.1. The van der Waals surface area contributed by atoms with E-state index in [1.165, 1.54) is 36.0 Å². The summed E-state index contributed by atoms with van der Waals surface area (Å²) in [5.74, 6) is 0.790. The Morgan fingerprint density at radius 3 is 2.67 bits per heavy atom. The van der Waals surface area contributed by atoms with Gasteiger partial charge in [-0.3, -0.25) is 0 Å². The van der Waals surface area contributed by atoms with E-state index in [0.717, 1.165) is 25.0 Å². The molecule has 0 spiro atoms. The van der Waals surface area contributed by atoms with Gasteiger partial charge in [0, 0.05) is 5.41 Å². The van der Waals surface area contributed by atoms with Crippen LogP contribution in [0, 0.1) is 11.3 Å². The summed E-state index contributed by atoms with van der Waals surface area (Å²) in [6.07, 6.45) is 6.70. The maximum Gasteiger partial charge on any atom is 0.126 e. The summed E-state index contributed by atoms with van der Waals surface area (Å²) >= 11 is 0. The molecule has 2 rings (SSSR count). The van der Waals surface area contributed by atoms with Gasteiger partial charge in [0.15, 0.2) is 0 Å². The molecular formula is C17H24O. The van der Waals surface area contributed by atoms with Crippen molar-refractivity contribution in [1.29, 1.82) is 0 Å². The monoisotopic (exact) mass is 244 g/mol. The molecule has 0 saturated heterocycles. The first-order chi connectivity index (χ1) is 8.52. The first-order valence-corrected chi connectivity index (χ1v) is 7.09. The maximum atomic E-state index is 11.1. The lowest BCUT2D eigenvalue weighted by Gasteiger charge is -2.12. The van der Waals surface area contributed by atoms with Crippen molar-refractivity contribution < 1.29 is 4.79 Å². The molecule has 1 aliphatic rings. The average Bonchev–Trinajstić information content (AvgIpc) is 2.65. The summed E-state index contributed by atoms with van der Waals surface area (Å²) in [5.41, 5.74) is 4.05. The second-order valence-corrected chi connectivity index (χ2v) is 6.51. The van der Waals surface area contributed by atoms with Gasteiger partial charge in [0.2, 0.25) is 0 Å². The Morgan fingerprint density at radius 2 is 2.00 bits per heavy atom. The van der Waals surface area contributed by atoms with E-state index in [0.29, 0.717) is 0 Å². The molecule has 0 aromatic heterocycles. The van der Waals surface area contributed by atoms with Gasteiger partial charge < -0.3 is 4.79 Å². The Balaban J connectivity index is 2.02. The highest BCUT2D eigenvalue weighted by Gasteiger charge is 2.32. The number of fused-ring (bicyclic) bond motifs is 1. The molecule has 0 aliphatic heterocycles. The molecule has 0 saturated carbocycles. The second kappa shape index (κ2) is 5.26. The summed E-state index contributed by atoms with van der Waals surface area (Å²) in [5, 5.41) is 0. The van der Waals surface area contributed by atoms with Crippen LogP contribution in [-0.4, -0.2) is 6.29 Å². The Hall–Kier alpha value is -1.11. The molecule has 0 N–H and O–H groups in total. The third-order valence-corrected chi connectivity index (χ3v) is 3.99. The van der Waals surface area contributed by atoms with E-state index >= 15 is 0 Å². The average molecular weight is 244 g/mol. The fourth-order valence-corrected chi connectivity index (χ4v) is 2.90. The van der Waals surface area contributed by atoms with Gasteiger partial charge >= 0.3 is 0 Å². The van der Waals surface area contributed by atoms with Crippen LogP contribution in [0.2, 0.25) is 0 Å². The summed E-state index contributed by atoms with van der Waals surface area (Å²) in [6, 6.07) is 6.80. The van der Waals surface area contributed by atoms with Crippen molar-refractivity contribution in [2.75, 3.05) is 0 Å². The summed E-state index contributed by atoms with van der Waals surface area (Å²) in [7, 11) is 0. The van der Waals surface area contributed by atoms with Crippen LogP contribution in [0.25, 0.3) is 0 Å². The Labute approximate surface area is 111 Å². The molecule has 1 aromatic carbocycles. The van der Waals surface area contributed by atoms with Crippen LogP contribution in [-0.2, 0) is 24.1 Å². The van der Waals surface area contributed by atoms with E-state index in [-0.39, 0.29) is 5.41 Å². The molecule has 18 heavy (non-hydrogen) atoms. The van der Waals surface area contributed by atoms with Gasteiger partial charge in [-0.05, 0) is 48.3 Å². The molecule has 1 aliphatic carbocycles. The third kappa shape index (κ3) is 3.01. The first-order valence-electron chi connectivity index (χ1n) is 7.09. The minimum absolute atomic E-state index is 0.154. The van der Waals surface area contributed by atoms with Gasteiger partial charge in [-0.15, -0.1) is 0 Å². The van der Waals surface area contributed by atoms with Crippen molar-refractivity contribution in [3.8, 4) is 0 Å². The van der Waals surface area contributed by atoms with Crippen molar-refractivity contribution in [1.82, 2.24) is 0 Å². The largest absolute Gasteiger partial charge is 0.303 e. The highest BCUT2D eigenvalue weighted by Crippen LogP contribution is 2.35. The van der Waals surface area contributed by atoms with Crippen molar-refractivity contribution in [2.24, 2.45) is 11.3 Å². The standard InChI is InChI=1S/C17H24O/c1-13(2)5-4-6-14-7-8-15-10-17(3,12-18)11-16(15)9-14/h7-9,12-13H,4-6,10-11H2,1-3H3. The highest BCUT2D eigenvalue weighted by atomic mass is 16.1.